The van der Waals surface area contributed by atoms with Gasteiger partial charge in [0.15, 0.2) is 0 Å². The number of fused-ring (bicyclic) bond motifs is 6. The number of aromatic carboxylic acids is 3. The first-order valence-electron chi connectivity index (χ1n) is 16.5. The van der Waals surface area contributed by atoms with Crippen molar-refractivity contribution in [3.8, 4) is 0 Å². The van der Waals surface area contributed by atoms with Crippen molar-refractivity contribution in [3.63, 3.8) is 0 Å². The Labute approximate surface area is 320 Å². The Kier molecular flexibility index (Phi) is 12.6. The zero-order valence-electron chi connectivity index (χ0n) is 28.4. The predicted molar refractivity (Wildman–Crippen MR) is 210 cm³/mol. The Bertz CT molecular complexity index is 2420. The first-order valence-corrected chi connectivity index (χ1v) is 16.5. The Morgan fingerprint density at radius 1 is 0.321 bits per heavy atom. The van der Waals surface area contributed by atoms with Crippen LogP contribution < -0.4 is 0 Å². The second-order valence-electron chi connectivity index (χ2n) is 11.8. The first kappa shape index (κ1) is 37.8. The van der Waals surface area contributed by atoms with E-state index in [-0.39, 0.29) is 21.7 Å². The van der Waals surface area contributed by atoms with Gasteiger partial charge in [-0.1, -0.05) is 146 Å². The van der Waals surface area contributed by atoms with Gasteiger partial charge in [-0.2, -0.15) is 0 Å². The average Bonchev–Trinajstić information content (AvgIpc) is 3.57. The van der Waals surface area contributed by atoms with Gasteiger partial charge in [-0.3, -0.25) is 0 Å². The third kappa shape index (κ3) is 8.89. The van der Waals surface area contributed by atoms with Crippen LogP contribution in [0.2, 0.25) is 0 Å². The summed E-state index contributed by atoms with van der Waals surface area (Å²) < 4.78 is 0. The summed E-state index contributed by atoms with van der Waals surface area (Å²) in [5, 5.41) is 37.3. The van der Waals surface area contributed by atoms with Crippen LogP contribution in [-0.2, 0) is 21.7 Å². The molecule has 3 N–H and O–H groups in total. The molecule has 0 heterocycles. The summed E-state index contributed by atoms with van der Waals surface area (Å²) in [6.07, 6.45) is 0. The predicted octanol–water partition coefficient (Wildman–Crippen LogP) is 11.3. The van der Waals surface area contributed by atoms with Crippen molar-refractivity contribution in [2.45, 2.75) is 0 Å². The van der Waals surface area contributed by atoms with Crippen LogP contribution in [0.5, 0.6) is 0 Å². The second kappa shape index (κ2) is 17.6. The molecule has 0 atom stereocenters. The number of hydrogen-bond donors (Lipinski definition) is 3. The van der Waals surface area contributed by atoms with Crippen molar-refractivity contribution in [3.05, 3.63) is 199 Å². The van der Waals surface area contributed by atoms with Gasteiger partial charge in [0.1, 0.15) is 0 Å². The van der Waals surface area contributed by atoms with Crippen LogP contribution >= 0.6 is 0 Å². The van der Waals surface area contributed by atoms with Crippen molar-refractivity contribution in [1.82, 2.24) is 0 Å². The molecule has 0 saturated heterocycles. The molecular weight excluding hydrogens is 696 g/mol. The summed E-state index contributed by atoms with van der Waals surface area (Å²) in [5.41, 5.74) is 1.08. The SMILES string of the molecule is O=C(O)c1cccc2ccccc12.O=C(O)c1cccc2ccccc12.O=C(O)c1cccc2ccccc12.[Ti].c1ccc2c(c1)[cH-]c1ccccc12. The standard InChI is InChI=1S/C13H9.3C11H8O2.Ti/c1-3-7-12-10(5-1)9-11-6-2-4-8-13(11)12;3*12-11(13)10-7-3-5-8-4-1-2-6-9(8)10;/h1-9H;3*1-7H,(H,12,13);/q-1;;;;. The molecule has 9 rings (SSSR count). The minimum atomic E-state index is -0.878. The molecule has 0 fully saturated rings. The van der Waals surface area contributed by atoms with Gasteiger partial charge in [0.25, 0.3) is 0 Å². The van der Waals surface area contributed by atoms with E-state index in [2.05, 4.69) is 54.6 Å². The van der Waals surface area contributed by atoms with E-state index >= 15 is 0 Å². The van der Waals surface area contributed by atoms with E-state index in [9.17, 15) is 14.4 Å². The smallest absolute Gasteiger partial charge is 0.336 e. The van der Waals surface area contributed by atoms with E-state index < -0.39 is 17.9 Å². The first-order chi connectivity index (χ1) is 25.3. The minimum absolute atomic E-state index is 0. The summed E-state index contributed by atoms with van der Waals surface area (Å²) in [7, 11) is 0. The molecule has 9 aromatic carbocycles. The molecule has 0 aliphatic heterocycles. The van der Waals surface area contributed by atoms with Crippen LogP contribution in [0.25, 0.3) is 53.9 Å². The average molecular weight is 730 g/mol. The maximum absolute atomic E-state index is 10.8. The van der Waals surface area contributed by atoms with E-state index in [0.717, 1.165) is 32.3 Å². The Morgan fingerprint density at radius 3 is 0.868 bits per heavy atom. The molecule has 0 radical (unpaired) electrons. The van der Waals surface area contributed by atoms with Crippen molar-refractivity contribution in [2.24, 2.45) is 0 Å². The molecule has 258 valence electrons. The number of hydrogen-bond acceptors (Lipinski definition) is 3. The van der Waals surface area contributed by atoms with Gasteiger partial charge < -0.3 is 15.3 Å². The van der Waals surface area contributed by atoms with E-state index in [4.69, 9.17) is 15.3 Å². The van der Waals surface area contributed by atoms with Gasteiger partial charge in [0, 0.05) is 21.7 Å². The van der Waals surface area contributed by atoms with Crippen molar-refractivity contribution < 1.29 is 51.4 Å². The Morgan fingerprint density at radius 2 is 0.566 bits per heavy atom. The van der Waals surface area contributed by atoms with Gasteiger partial charge in [-0.15, -0.1) is 39.7 Å². The van der Waals surface area contributed by atoms with E-state index in [0.29, 0.717) is 16.7 Å². The molecule has 0 aliphatic rings. The molecule has 6 nitrogen and oxygen atoms in total. The van der Waals surface area contributed by atoms with Gasteiger partial charge in [0.05, 0.1) is 16.7 Å². The van der Waals surface area contributed by atoms with Crippen LogP contribution in [0, 0.1) is 0 Å². The summed E-state index contributed by atoms with van der Waals surface area (Å²) in [6.45, 7) is 0. The summed E-state index contributed by atoms with van der Waals surface area (Å²) in [5.74, 6) is -2.63. The molecule has 0 saturated carbocycles. The van der Waals surface area contributed by atoms with Crippen molar-refractivity contribution in [1.29, 1.82) is 0 Å². The molecule has 0 spiro atoms. The number of carbonyl (C=O) groups is 3. The zero-order valence-corrected chi connectivity index (χ0v) is 29.9. The summed E-state index contributed by atoms with van der Waals surface area (Å²) >= 11 is 0. The van der Waals surface area contributed by atoms with Crippen LogP contribution in [0.4, 0.5) is 0 Å². The number of carboxylic acids is 3. The number of carboxylic acid groups (broad SMARTS) is 3. The van der Waals surface area contributed by atoms with Gasteiger partial charge in [-0.25, -0.2) is 14.4 Å². The molecule has 7 heteroatoms. The number of benzene rings is 8. The molecule has 0 bridgehead atoms. The Balaban J connectivity index is 0.000000135. The monoisotopic (exact) mass is 729 g/mol. The fourth-order valence-electron chi connectivity index (χ4n) is 6.14. The van der Waals surface area contributed by atoms with E-state index in [1.54, 1.807) is 36.4 Å². The van der Waals surface area contributed by atoms with Crippen LogP contribution in [0.1, 0.15) is 31.1 Å². The maximum Gasteiger partial charge on any atom is 0.336 e. The van der Waals surface area contributed by atoms with Gasteiger partial charge >= 0.3 is 17.9 Å². The molecule has 0 amide bonds. The molecule has 0 unspecified atom stereocenters. The van der Waals surface area contributed by atoms with E-state index in [1.165, 1.54) is 21.5 Å². The largest absolute Gasteiger partial charge is 0.478 e. The molecule has 53 heavy (non-hydrogen) atoms. The van der Waals surface area contributed by atoms with Crippen LogP contribution in [0.3, 0.4) is 0 Å². The van der Waals surface area contributed by atoms with Gasteiger partial charge in [-0.05, 0) is 50.5 Å². The van der Waals surface area contributed by atoms with Crippen LogP contribution in [-0.4, -0.2) is 33.2 Å². The fraction of sp³-hybridized carbons (Fsp3) is 0. The van der Waals surface area contributed by atoms with Crippen molar-refractivity contribution in [2.75, 3.05) is 0 Å². The topological polar surface area (TPSA) is 112 Å². The van der Waals surface area contributed by atoms with Crippen molar-refractivity contribution >= 4 is 71.8 Å². The third-order valence-corrected chi connectivity index (χ3v) is 8.58. The second-order valence-corrected chi connectivity index (χ2v) is 11.8. The molecule has 0 aliphatic carbocycles. The van der Waals surface area contributed by atoms with E-state index in [1.807, 2.05) is 91.0 Å². The van der Waals surface area contributed by atoms with Crippen LogP contribution in [0.15, 0.2) is 182 Å². The molecule has 0 aromatic heterocycles. The minimum Gasteiger partial charge on any atom is -0.478 e. The normalized spacial score (nSPS) is 10.2. The molecular formula is C46H33O6Ti-. The Hall–Kier alpha value is -6.47. The quantitative estimate of drug-likeness (QED) is 0.123. The fourth-order valence-corrected chi connectivity index (χ4v) is 6.14. The van der Waals surface area contributed by atoms with Gasteiger partial charge in [0.2, 0.25) is 0 Å². The zero-order chi connectivity index (χ0) is 36.5. The molecule has 9 aromatic rings. The third-order valence-electron chi connectivity index (χ3n) is 8.58. The maximum atomic E-state index is 10.8. The number of rotatable bonds is 3. The summed E-state index contributed by atoms with van der Waals surface area (Å²) in [6, 6.07) is 57.5. The summed E-state index contributed by atoms with van der Waals surface area (Å²) in [4.78, 5) is 32.4.